The average Bonchev–Trinajstić information content (AvgIpc) is 2.75. The number of hydrazone groups is 1. The van der Waals surface area contributed by atoms with Gasteiger partial charge in [0.05, 0.1) is 6.21 Å². The smallest absolute Gasteiger partial charge is 0.266 e. The van der Waals surface area contributed by atoms with E-state index in [1.807, 2.05) is 24.3 Å². The van der Waals surface area contributed by atoms with Crippen LogP contribution in [-0.2, 0) is 7.05 Å². The number of hydrogen-bond donors (Lipinski definition) is 1. The molecular formula is C12H11IN4O. The standard InChI is InChI=1S/C12H11IN4O/c1-17-11(5-6-15-17)12(18)16-14-8-9-3-2-4-10(13)7-9/h2-8H,1H3,(H,16,18). The van der Waals surface area contributed by atoms with Crippen LogP contribution in [0.3, 0.4) is 0 Å². The predicted octanol–water partition coefficient (Wildman–Crippen LogP) is 1.79. The first kappa shape index (κ1) is 12.7. The molecular weight excluding hydrogens is 343 g/mol. The van der Waals surface area contributed by atoms with Crippen molar-refractivity contribution in [3.63, 3.8) is 0 Å². The maximum absolute atomic E-state index is 11.7. The summed E-state index contributed by atoms with van der Waals surface area (Å²) in [6.07, 6.45) is 3.18. The zero-order chi connectivity index (χ0) is 13.0. The Kier molecular flexibility index (Phi) is 4.08. The number of nitrogens with zero attached hydrogens (tertiary/aromatic N) is 3. The van der Waals surface area contributed by atoms with Gasteiger partial charge < -0.3 is 0 Å². The molecule has 0 aliphatic heterocycles. The lowest BCUT2D eigenvalue weighted by molar-refractivity contribution is 0.0946. The molecule has 0 saturated heterocycles. The molecule has 2 rings (SSSR count). The summed E-state index contributed by atoms with van der Waals surface area (Å²) in [5.41, 5.74) is 3.87. The van der Waals surface area contributed by atoms with Crippen LogP contribution in [0, 0.1) is 3.57 Å². The molecule has 0 radical (unpaired) electrons. The van der Waals surface area contributed by atoms with Crippen molar-refractivity contribution in [2.24, 2.45) is 12.1 Å². The first-order chi connectivity index (χ1) is 8.66. The minimum Gasteiger partial charge on any atom is -0.266 e. The Labute approximate surface area is 118 Å². The van der Waals surface area contributed by atoms with E-state index in [9.17, 15) is 4.79 Å². The molecule has 0 aliphatic rings. The van der Waals surface area contributed by atoms with E-state index in [-0.39, 0.29) is 5.91 Å². The Hall–Kier alpha value is -1.70. The van der Waals surface area contributed by atoms with Gasteiger partial charge in [-0.3, -0.25) is 9.48 Å². The molecule has 92 valence electrons. The fourth-order valence-electron chi connectivity index (χ4n) is 1.41. The molecule has 0 bridgehead atoms. The molecule has 1 N–H and O–H groups in total. The molecule has 6 heteroatoms. The van der Waals surface area contributed by atoms with Gasteiger partial charge in [-0.15, -0.1) is 0 Å². The van der Waals surface area contributed by atoms with Crippen molar-refractivity contribution in [2.45, 2.75) is 0 Å². The Balaban J connectivity index is 2.00. The highest BCUT2D eigenvalue weighted by Gasteiger charge is 2.07. The van der Waals surface area contributed by atoms with Crippen molar-refractivity contribution in [3.05, 3.63) is 51.4 Å². The van der Waals surface area contributed by atoms with Crippen molar-refractivity contribution in [1.82, 2.24) is 15.2 Å². The van der Waals surface area contributed by atoms with Gasteiger partial charge in [0.15, 0.2) is 0 Å². The Bertz CT molecular complexity index is 591. The molecule has 0 atom stereocenters. The SMILES string of the molecule is Cn1nccc1C(=O)NN=Cc1cccc(I)c1. The molecule has 0 unspecified atom stereocenters. The molecule has 2 aromatic rings. The van der Waals surface area contributed by atoms with Crippen LogP contribution in [0.25, 0.3) is 0 Å². The monoisotopic (exact) mass is 354 g/mol. The van der Waals surface area contributed by atoms with E-state index in [0.29, 0.717) is 5.69 Å². The van der Waals surface area contributed by atoms with Gasteiger partial charge >= 0.3 is 0 Å². The molecule has 1 heterocycles. The minimum absolute atomic E-state index is 0.281. The highest BCUT2D eigenvalue weighted by molar-refractivity contribution is 14.1. The van der Waals surface area contributed by atoms with Crippen LogP contribution in [0.1, 0.15) is 16.1 Å². The largest absolute Gasteiger partial charge is 0.289 e. The van der Waals surface area contributed by atoms with Crippen LogP contribution in [-0.4, -0.2) is 21.9 Å². The second kappa shape index (κ2) is 5.76. The summed E-state index contributed by atoms with van der Waals surface area (Å²) in [7, 11) is 1.71. The summed E-state index contributed by atoms with van der Waals surface area (Å²) in [5.74, 6) is -0.281. The summed E-state index contributed by atoms with van der Waals surface area (Å²) in [4.78, 5) is 11.7. The number of benzene rings is 1. The fraction of sp³-hybridized carbons (Fsp3) is 0.0833. The lowest BCUT2D eigenvalue weighted by Crippen LogP contribution is -2.20. The Morgan fingerprint density at radius 3 is 3.00 bits per heavy atom. The number of rotatable bonds is 3. The van der Waals surface area contributed by atoms with Crippen LogP contribution in [0.5, 0.6) is 0 Å². The number of hydrogen-bond acceptors (Lipinski definition) is 3. The first-order valence-electron chi connectivity index (χ1n) is 5.24. The number of aromatic nitrogens is 2. The van der Waals surface area contributed by atoms with E-state index >= 15 is 0 Å². The third-order valence-electron chi connectivity index (χ3n) is 2.28. The van der Waals surface area contributed by atoms with E-state index in [4.69, 9.17) is 0 Å². The van der Waals surface area contributed by atoms with Gasteiger partial charge in [-0.25, -0.2) is 5.43 Å². The molecule has 0 aliphatic carbocycles. The molecule has 18 heavy (non-hydrogen) atoms. The van der Waals surface area contributed by atoms with Gasteiger partial charge in [0.1, 0.15) is 5.69 Å². The number of carbonyl (C=O) groups is 1. The van der Waals surface area contributed by atoms with Gasteiger partial charge in [0, 0.05) is 16.8 Å². The lowest BCUT2D eigenvalue weighted by atomic mass is 10.2. The number of amides is 1. The second-order valence-electron chi connectivity index (χ2n) is 3.59. The summed E-state index contributed by atoms with van der Waals surface area (Å²) in [6.45, 7) is 0. The second-order valence-corrected chi connectivity index (χ2v) is 4.84. The van der Waals surface area contributed by atoms with E-state index in [2.05, 4.69) is 38.2 Å². The van der Waals surface area contributed by atoms with Crippen LogP contribution < -0.4 is 5.43 Å². The van der Waals surface area contributed by atoms with Crippen molar-refractivity contribution >= 4 is 34.7 Å². The van der Waals surface area contributed by atoms with E-state index < -0.39 is 0 Å². The van der Waals surface area contributed by atoms with Crippen LogP contribution in [0.2, 0.25) is 0 Å². The van der Waals surface area contributed by atoms with Gasteiger partial charge in [0.2, 0.25) is 0 Å². The summed E-state index contributed by atoms with van der Waals surface area (Å²) in [6, 6.07) is 9.46. The lowest BCUT2D eigenvalue weighted by Gasteiger charge is -1.99. The highest BCUT2D eigenvalue weighted by atomic mass is 127. The molecule has 1 aromatic carbocycles. The van der Waals surface area contributed by atoms with E-state index in [1.165, 1.54) is 4.68 Å². The van der Waals surface area contributed by atoms with Gasteiger partial charge in [-0.05, 0) is 46.4 Å². The van der Waals surface area contributed by atoms with Crippen molar-refractivity contribution < 1.29 is 4.79 Å². The third kappa shape index (κ3) is 3.16. The zero-order valence-corrected chi connectivity index (χ0v) is 11.8. The van der Waals surface area contributed by atoms with Crippen LogP contribution >= 0.6 is 22.6 Å². The quantitative estimate of drug-likeness (QED) is 0.519. The molecule has 0 spiro atoms. The topological polar surface area (TPSA) is 59.3 Å². The van der Waals surface area contributed by atoms with E-state index in [1.54, 1.807) is 25.5 Å². The molecule has 1 amide bonds. The first-order valence-corrected chi connectivity index (χ1v) is 6.31. The molecule has 0 fully saturated rings. The Morgan fingerprint density at radius 2 is 2.33 bits per heavy atom. The predicted molar refractivity (Wildman–Crippen MR) is 77.4 cm³/mol. The van der Waals surface area contributed by atoms with Crippen molar-refractivity contribution in [1.29, 1.82) is 0 Å². The van der Waals surface area contributed by atoms with Crippen LogP contribution in [0.4, 0.5) is 0 Å². The zero-order valence-electron chi connectivity index (χ0n) is 9.67. The average molecular weight is 354 g/mol. The number of halogens is 1. The van der Waals surface area contributed by atoms with E-state index in [0.717, 1.165) is 9.13 Å². The highest BCUT2D eigenvalue weighted by Crippen LogP contribution is 2.05. The van der Waals surface area contributed by atoms with Gasteiger partial charge in [-0.2, -0.15) is 10.2 Å². The maximum atomic E-state index is 11.7. The number of carbonyl (C=O) groups excluding carboxylic acids is 1. The summed E-state index contributed by atoms with van der Waals surface area (Å²) < 4.78 is 2.62. The van der Waals surface area contributed by atoms with Crippen LogP contribution in [0.15, 0.2) is 41.6 Å². The normalized spacial score (nSPS) is 10.8. The minimum atomic E-state index is -0.281. The molecule has 5 nitrogen and oxygen atoms in total. The summed E-state index contributed by atoms with van der Waals surface area (Å²) >= 11 is 2.22. The fourth-order valence-corrected chi connectivity index (χ4v) is 1.97. The molecule has 1 aromatic heterocycles. The number of nitrogens with one attached hydrogen (secondary N) is 1. The van der Waals surface area contributed by atoms with Gasteiger partial charge in [-0.1, -0.05) is 12.1 Å². The third-order valence-corrected chi connectivity index (χ3v) is 2.95. The maximum Gasteiger partial charge on any atom is 0.289 e. The number of aryl methyl sites for hydroxylation is 1. The molecule has 0 saturated carbocycles. The van der Waals surface area contributed by atoms with Gasteiger partial charge in [0.25, 0.3) is 5.91 Å². The van der Waals surface area contributed by atoms with Crippen molar-refractivity contribution in [2.75, 3.05) is 0 Å². The summed E-state index contributed by atoms with van der Waals surface area (Å²) in [5, 5.41) is 7.83. The Morgan fingerprint density at radius 1 is 1.50 bits per heavy atom. The van der Waals surface area contributed by atoms with Crippen molar-refractivity contribution in [3.8, 4) is 0 Å².